The molecule has 0 radical (unpaired) electrons. The van der Waals surface area contributed by atoms with Gasteiger partial charge >= 0.3 is 35.0 Å². The van der Waals surface area contributed by atoms with E-state index < -0.39 is 0 Å². The SMILES string of the molecule is C=C([CH2-])OC#[O+]. The molecule has 0 bridgehead atoms. The molecule has 6 heavy (non-hydrogen) atoms. The fourth-order valence-corrected chi connectivity index (χ4v) is 0.0589. The van der Waals surface area contributed by atoms with Gasteiger partial charge in [0.2, 0.25) is 0 Å². The van der Waals surface area contributed by atoms with E-state index in [1.165, 1.54) is 0 Å². The molecule has 0 saturated heterocycles. The maximum absolute atomic E-state index is 9.17. The summed E-state index contributed by atoms with van der Waals surface area (Å²) in [6.07, 6.45) is 1.16. The third-order valence-corrected chi connectivity index (χ3v) is 0.186. The minimum absolute atomic E-state index is 0.116. The molecule has 2 nitrogen and oxygen atoms in total. The van der Waals surface area contributed by atoms with E-state index in [0.717, 1.165) is 6.33 Å². The predicted octanol–water partition coefficient (Wildman–Crippen LogP) is 0.698. The molecule has 0 unspecified atom stereocenters. The Balaban J connectivity index is 3.13. The van der Waals surface area contributed by atoms with Crippen molar-refractivity contribution >= 4 is 0 Å². The average Bonchev–Trinajstić information content (AvgIpc) is 1.35. The second-order valence-corrected chi connectivity index (χ2v) is 0.724. The van der Waals surface area contributed by atoms with E-state index in [0.29, 0.717) is 0 Å². The van der Waals surface area contributed by atoms with Gasteiger partial charge in [-0.25, -0.2) is 0 Å². The molecule has 0 aromatic carbocycles. The molecule has 0 N–H and O–H groups in total. The van der Waals surface area contributed by atoms with Crippen LogP contribution in [-0.4, -0.2) is 0 Å². The molecule has 0 rings (SSSR count). The summed E-state index contributed by atoms with van der Waals surface area (Å²) in [7, 11) is 0. The van der Waals surface area contributed by atoms with E-state index in [2.05, 4.69) is 18.2 Å². The molecule has 32 valence electrons. The molecule has 0 spiro atoms. The van der Waals surface area contributed by atoms with Crippen molar-refractivity contribution in [2.45, 2.75) is 0 Å². The fraction of sp³-hybridized carbons (Fsp3) is 0. The topological polar surface area (TPSA) is 29.1 Å². The van der Waals surface area contributed by atoms with Crippen LogP contribution in [0.4, 0.5) is 0 Å². The van der Waals surface area contributed by atoms with Crippen LogP contribution in [0.2, 0.25) is 0 Å². The predicted molar refractivity (Wildman–Crippen MR) is 20.2 cm³/mol. The van der Waals surface area contributed by atoms with Gasteiger partial charge in [-0.05, 0) is 0 Å². The van der Waals surface area contributed by atoms with Crippen molar-refractivity contribution in [3.8, 4) is 6.33 Å². The molecule has 2 heteroatoms. The molecule has 0 aliphatic carbocycles. The number of hydrogen-bond acceptors (Lipinski definition) is 1. The van der Waals surface area contributed by atoms with E-state index in [9.17, 15) is 0 Å². The monoisotopic (exact) mass is 84.0 g/mol. The molecule has 0 atom stereocenters. The van der Waals surface area contributed by atoms with Crippen molar-refractivity contribution in [2.75, 3.05) is 0 Å². The van der Waals surface area contributed by atoms with E-state index in [-0.39, 0.29) is 5.76 Å². The van der Waals surface area contributed by atoms with E-state index in [1.54, 1.807) is 0 Å². The van der Waals surface area contributed by atoms with Gasteiger partial charge in [0.05, 0.1) is 0 Å². The van der Waals surface area contributed by atoms with Crippen molar-refractivity contribution in [3.63, 3.8) is 0 Å². The van der Waals surface area contributed by atoms with Crippen LogP contribution in [0, 0.1) is 13.3 Å². The van der Waals surface area contributed by atoms with Crippen LogP contribution in [0.5, 0.6) is 0 Å². The number of allylic oxidation sites excluding steroid dienone is 1. The maximum atomic E-state index is 9.17. The van der Waals surface area contributed by atoms with E-state index >= 15 is 0 Å². The molecule has 0 aliphatic heterocycles. The third-order valence-electron chi connectivity index (χ3n) is 0.186. The normalized spacial score (nSPS) is 5.83. The van der Waals surface area contributed by atoms with Crippen LogP contribution in [0.15, 0.2) is 12.3 Å². The van der Waals surface area contributed by atoms with Gasteiger partial charge in [0.25, 0.3) is 0 Å². The summed E-state index contributed by atoms with van der Waals surface area (Å²) in [5.74, 6) is 0.116. The fourth-order valence-electron chi connectivity index (χ4n) is 0.0589. The molecule has 0 aliphatic rings. The molecule has 0 fully saturated rings. The zero-order chi connectivity index (χ0) is 4.99. The zero-order valence-corrected chi connectivity index (χ0v) is 3.23. The third kappa shape index (κ3) is 3.15. The van der Waals surface area contributed by atoms with Gasteiger partial charge in [-0.2, -0.15) is 0 Å². The molecule has 0 aromatic rings. The minimum atomic E-state index is 0.116. The van der Waals surface area contributed by atoms with Crippen molar-refractivity contribution < 1.29 is 9.39 Å². The van der Waals surface area contributed by atoms with Crippen LogP contribution in [0.1, 0.15) is 0 Å². The molecular weight excluding hydrogens is 80.0 g/mol. The number of ether oxygens (including phenoxy) is 1. The summed E-state index contributed by atoms with van der Waals surface area (Å²) in [6.45, 7) is 6.30. The first kappa shape index (κ1) is 5.15. The van der Waals surface area contributed by atoms with Gasteiger partial charge in [-0.1, -0.05) is 0 Å². The molecule has 0 heterocycles. The van der Waals surface area contributed by atoms with Gasteiger partial charge in [0, 0.05) is 0 Å². The zero-order valence-electron chi connectivity index (χ0n) is 3.23. The summed E-state index contributed by atoms with van der Waals surface area (Å²) in [5.41, 5.74) is 0. The van der Waals surface area contributed by atoms with Crippen molar-refractivity contribution in [3.05, 3.63) is 19.3 Å². The van der Waals surface area contributed by atoms with E-state index in [1.807, 2.05) is 0 Å². The van der Waals surface area contributed by atoms with Crippen LogP contribution in [0.25, 0.3) is 0 Å². The Morgan fingerprint density at radius 1 is 2.00 bits per heavy atom. The van der Waals surface area contributed by atoms with Crippen molar-refractivity contribution in [2.24, 2.45) is 0 Å². The van der Waals surface area contributed by atoms with Crippen LogP contribution >= 0.6 is 0 Å². The molecular formula is C4H4O2. The molecule has 0 saturated carbocycles. The molecule has 0 aromatic heterocycles. The summed E-state index contributed by atoms with van der Waals surface area (Å²) in [4.78, 5) is 0. The number of hydrogen-bond donors (Lipinski definition) is 0. The first-order valence-electron chi connectivity index (χ1n) is 1.32. The first-order chi connectivity index (χ1) is 2.77. The first-order valence-corrected chi connectivity index (χ1v) is 1.32. The summed E-state index contributed by atoms with van der Waals surface area (Å²) >= 11 is 0. The average molecular weight is 84.1 g/mol. The Hall–Kier alpha value is -0.850. The second-order valence-electron chi connectivity index (χ2n) is 0.724. The van der Waals surface area contributed by atoms with Gasteiger partial charge < -0.3 is 0 Å². The number of rotatable bonds is 1. The summed E-state index contributed by atoms with van der Waals surface area (Å²) < 4.78 is 13.1. The quantitative estimate of drug-likeness (QED) is 0.261. The van der Waals surface area contributed by atoms with Gasteiger partial charge in [-0.3, -0.25) is 0 Å². The summed E-state index contributed by atoms with van der Waals surface area (Å²) in [5, 5.41) is 0. The van der Waals surface area contributed by atoms with Crippen molar-refractivity contribution in [1.82, 2.24) is 0 Å². The molecule has 0 amide bonds. The van der Waals surface area contributed by atoms with Crippen LogP contribution in [0.3, 0.4) is 0 Å². The standard InChI is InChI=1S/C4H4O2/c1-4(2)6-3-5/h1-2H2. The van der Waals surface area contributed by atoms with Gasteiger partial charge in [0.15, 0.2) is 0 Å². The Morgan fingerprint density at radius 2 is 2.50 bits per heavy atom. The Labute approximate surface area is 36.1 Å². The van der Waals surface area contributed by atoms with Crippen LogP contribution in [-0.2, 0) is 9.39 Å². The Morgan fingerprint density at radius 3 is 2.50 bits per heavy atom. The van der Waals surface area contributed by atoms with Crippen LogP contribution < -0.4 is 0 Å². The Kier molecular flexibility index (Phi) is 2.05. The van der Waals surface area contributed by atoms with E-state index in [4.69, 9.17) is 4.65 Å². The van der Waals surface area contributed by atoms with Crippen molar-refractivity contribution in [1.29, 1.82) is 0 Å². The Bertz CT molecular complexity index is 88.2. The van der Waals surface area contributed by atoms with Gasteiger partial charge in [-0.15, -0.1) is 0 Å². The van der Waals surface area contributed by atoms with Gasteiger partial charge in [0.1, 0.15) is 0 Å². The summed E-state index contributed by atoms with van der Waals surface area (Å²) in [6, 6.07) is 0. The second kappa shape index (κ2) is 2.39.